The summed E-state index contributed by atoms with van der Waals surface area (Å²) in [6.45, 7) is 1.88. The van der Waals surface area contributed by atoms with Crippen molar-refractivity contribution < 1.29 is 18.0 Å². The maximum atomic E-state index is 11.8. The lowest BCUT2D eigenvalue weighted by Crippen LogP contribution is -2.42. The van der Waals surface area contributed by atoms with Gasteiger partial charge in [-0.15, -0.1) is 0 Å². The molecule has 4 nitrogen and oxygen atoms in total. The fourth-order valence-corrected chi connectivity index (χ4v) is 1.52. The van der Waals surface area contributed by atoms with Crippen molar-refractivity contribution in [3.63, 3.8) is 0 Å². The number of alkyl halides is 3. The molecule has 0 saturated carbocycles. The van der Waals surface area contributed by atoms with E-state index in [1.165, 1.54) is 0 Å². The summed E-state index contributed by atoms with van der Waals surface area (Å²) in [7, 11) is 0. The van der Waals surface area contributed by atoms with Gasteiger partial charge in [0.1, 0.15) is 6.54 Å². The number of halogens is 3. The highest BCUT2D eigenvalue weighted by Gasteiger charge is 2.27. The summed E-state index contributed by atoms with van der Waals surface area (Å²) in [4.78, 5) is 13.0. The Morgan fingerprint density at radius 2 is 2.06 bits per heavy atom. The maximum absolute atomic E-state index is 11.8. The summed E-state index contributed by atoms with van der Waals surface area (Å²) in [5.74, 6) is -0.570. The Labute approximate surface area is 92.2 Å². The molecule has 94 valence electrons. The van der Waals surface area contributed by atoms with Crippen LogP contribution >= 0.6 is 0 Å². The predicted molar refractivity (Wildman–Crippen MR) is 53.0 cm³/mol. The molecule has 1 heterocycles. The number of hydrogen-bond acceptors (Lipinski definition) is 3. The molecule has 0 aromatic carbocycles. The van der Waals surface area contributed by atoms with Crippen molar-refractivity contribution in [2.45, 2.75) is 12.6 Å². The lowest BCUT2D eigenvalue weighted by Gasteiger charge is -2.18. The van der Waals surface area contributed by atoms with Crippen LogP contribution in [0.25, 0.3) is 0 Å². The van der Waals surface area contributed by atoms with Crippen LogP contribution in [0.1, 0.15) is 6.42 Å². The molecule has 2 N–H and O–H groups in total. The maximum Gasteiger partial charge on any atom is 0.405 e. The summed E-state index contributed by atoms with van der Waals surface area (Å²) in [6.07, 6.45) is -3.43. The summed E-state index contributed by atoms with van der Waals surface area (Å²) in [5.41, 5.74) is 0. The second kappa shape index (κ2) is 6.05. The van der Waals surface area contributed by atoms with Crippen LogP contribution in [0.15, 0.2) is 0 Å². The van der Waals surface area contributed by atoms with Gasteiger partial charge in [-0.05, 0) is 19.5 Å². The minimum Gasteiger partial charge on any atom is -0.346 e. The summed E-state index contributed by atoms with van der Waals surface area (Å²) in [6, 6.07) is 0. The van der Waals surface area contributed by atoms with Crippen molar-refractivity contribution in [3.8, 4) is 0 Å². The Balaban J connectivity index is 2.22. The first kappa shape index (κ1) is 13.2. The highest BCUT2D eigenvalue weighted by Crippen LogP contribution is 2.12. The van der Waals surface area contributed by atoms with Crippen LogP contribution in [0, 0.1) is 0 Å². The molecule has 0 unspecified atom stereocenters. The third-order valence-electron chi connectivity index (χ3n) is 2.29. The number of carbonyl (C=O) groups excluding carboxylic acids is 1. The fraction of sp³-hybridized carbons (Fsp3) is 0.889. The molecule has 0 spiro atoms. The average molecular weight is 239 g/mol. The predicted octanol–water partition coefficient (Wildman–Crippen LogP) is -0.0398. The molecule has 1 saturated heterocycles. The second-order valence-corrected chi connectivity index (χ2v) is 3.77. The van der Waals surface area contributed by atoms with Gasteiger partial charge in [0, 0.05) is 13.1 Å². The van der Waals surface area contributed by atoms with Gasteiger partial charge < -0.3 is 10.6 Å². The van der Waals surface area contributed by atoms with Crippen molar-refractivity contribution >= 4 is 5.91 Å². The van der Waals surface area contributed by atoms with E-state index in [1.807, 2.05) is 10.2 Å². The molecule has 1 rings (SSSR count). The van der Waals surface area contributed by atoms with E-state index in [1.54, 1.807) is 0 Å². The molecular weight excluding hydrogens is 223 g/mol. The van der Waals surface area contributed by atoms with E-state index in [0.29, 0.717) is 6.54 Å². The van der Waals surface area contributed by atoms with Crippen LogP contribution in [0.3, 0.4) is 0 Å². The van der Waals surface area contributed by atoms with Gasteiger partial charge in [0.25, 0.3) is 0 Å². The Morgan fingerprint density at radius 3 is 2.75 bits per heavy atom. The topological polar surface area (TPSA) is 44.4 Å². The zero-order valence-corrected chi connectivity index (χ0v) is 8.94. The lowest BCUT2D eigenvalue weighted by atomic mass is 10.4. The fourth-order valence-electron chi connectivity index (χ4n) is 1.52. The molecule has 1 amide bonds. The Hall–Kier alpha value is -0.820. The number of carbonyl (C=O) groups is 1. The number of nitrogens with one attached hydrogen (secondary N) is 2. The Morgan fingerprint density at radius 1 is 1.31 bits per heavy atom. The van der Waals surface area contributed by atoms with E-state index in [0.717, 1.165) is 26.1 Å². The van der Waals surface area contributed by atoms with Crippen LogP contribution in [0.4, 0.5) is 13.2 Å². The van der Waals surface area contributed by atoms with Gasteiger partial charge >= 0.3 is 6.18 Å². The molecule has 1 aliphatic rings. The molecule has 0 aliphatic carbocycles. The molecule has 16 heavy (non-hydrogen) atoms. The van der Waals surface area contributed by atoms with Gasteiger partial charge in [-0.2, -0.15) is 13.2 Å². The first-order valence-electron chi connectivity index (χ1n) is 5.24. The molecule has 1 fully saturated rings. The van der Waals surface area contributed by atoms with Crippen LogP contribution in [0.5, 0.6) is 0 Å². The quantitative estimate of drug-likeness (QED) is 0.726. The molecule has 0 aromatic heterocycles. The molecular formula is C9H16F3N3O. The lowest BCUT2D eigenvalue weighted by molar-refractivity contribution is -0.139. The highest BCUT2D eigenvalue weighted by atomic mass is 19.4. The van der Waals surface area contributed by atoms with Gasteiger partial charge in [-0.3, -0.25) is 9.69 Å². The van der Waals surface area contributed by atoms with Gasteiger partial charge in [0.15, 0.2) is 0 Å². The largest absolute Gasteiger partial charge is 0.405 e. The number of hydrogen-bond donors (Lipinski definition) is 2. The molecule has 0 radical (unpaired) electrons. The van der Waals surface area contributed by atoms with E-state index in [2.05, 4.69) is 5.32 Å². The number of rotatable bonds is 3. The minimum absolute atomic E-state index is 0.0394. The molecule has 0 aromatic rings. The van der Waals surface area contributed by atoms with Crippen LogP contribution in [-0.4, -0.2) is 56.3 Å². The van der Waals surface area contributed by atoms with E-state index in [-0.39, 0.29) is 6.54 Å². The molecule has 0 bridgehead atoms. The summed E-state index contributed by atoms with van der Waals surface area (Å²) in [5, 5.41) is 5.02. The zero-order valence-electron chi connectivity index (χ0n) is 8.94. The third kappa shape index (κ3) is 5.92. The van der Waals surface area contributed by atoms with Crippen LogP contribution in [-0.2, 0) is 4.79 Å². The van der Waals surface area contributed by atoms with Gasteiger partial charge in [-0.25, -0.2) is 0 Å². The average Bonchev–Trinajstić information content (AvgIpc) is 2.42. The molecule has 7 heteroatoms. The minimum atomic E-state index is -4.34. The molecule has 1 aliphatic heterocycles. The zero-order chi connectivity index (χ0) is 12.0. The monoisotopic (exact) mass is 239 g/mol. The van der Waals surface area contributed by atoms with Crippen molar-refractivity contribution in [2.75, 3.05) is 39.3 Å². The standard InChI is InChI=1S/C9H16F3N3O/c10-9(11,12)7-14-8(16)6-15-4-1-2-13-3-5-15/h13H,1-7H2,(H,14,16). The van der Waals surface area contributed by atoms with Crippen molar-refractivity contribution in [3.05, 3.63) is 0 Å². The van der Waals surface area contributed by atoms with Gasteiger partial charge in [0.05, 0.1) is 6.54 Å². The van der Waals surface area contributed by atoms with E-state index >= 15 is 0 Å². The summed E-state index contributed by atoms with van der Waals surface area (Å²) >= 11 is 0. The van der Waals surface area contributed by atoms with Crippen molar-refractivity contribution in [1.82, 2.24) is 15.5 Å². The SMILES string of the molecule is O=C(CN1CCCNCC1)NCC(F)(F)F. The second-order valence-electron chi connectivity index (χ2n) is 3.77. The smallest absolute Gasteiger partial charge is 0.346 e. The Bertz CT molecular complexity index is 225. The normalized spacial score (nSPS) is 19.2. The van der Waals surface area contributed by atoms with E-state index < -0.39 is 18.6 Å². The van der Waals surface area contributed by atoms with Crippen molar-refractivity contribution in [2.24, 2.45) is 0 Å². The number of amides is 1. The molecule has 0 atom stereocenters. The van der Waals surface area contributed by atoms with Gasteiger partial charge in [-0.1, -0.05) is 0 Å². The highest BCUT2D eigenvalue weighted by molar-refractivity contribution is 5.78. The summed E-state index contributed by atoms with van der Waals surface area (Å²) < 4.78 is 35.5. The van der Waals surface area contributed by atoms with Crippen LogP contribution < -0.4 is 10.6 Å². The third-order valence-corrected chi connectivity index (χ3v) is 2.29. The van der Waals surface area contributed by atoms with E-state index in [9.17, 15) is 18.0 Å². The first-order valence-corrected chi connectivity index (χ1v) is 5.24. The Kier molecular flexibility index (Phi) is 5.01. The first-order chi connectivity index (χ1) is 7.47. The van der Waals surface area contributed by atoms with E-state index in [4.69, 9.17) is 0 Å². The van der Waals surface area contributed by atoms with Crippen LogP contribution in [0.2, 0.25) is 0 Å². The van der Waals surface area contributed by atoms with Gasteiger partial charge in [0.2, 0.25) is 5.91 Å². The van der Waals surface area contributed by atoms with Crippen molar-refractivity contribution in [1.29, 1.82) is 0 Å². The number of nitrogens with zero attached hydrogens (tertiary/aromatic N) is 1.